The highest BCUT2D eigenvalue weighted by Gasteiger charge is 2.22. The van der Waals surface area contributed by atoms with Gasteiger partial charge in [0.05, 0.1) is 0 Å². The Hall–Kier alpha value is -2.48. The van der Waals surface area contributed by atoms with E-state index in [1.54, 1.807) is 12.4 Å². The van der Waals surface area contributed by atoms with E-state index < -0.39 is 0 Å². The standard InChI is InChI=1S/C18H26N8/c1-15-14-16(24-8-6-23(2)7-9-24)22-18(21-15)26-12-10-25(11-13-26)17-19-4-3-5-20-17/h3-5,14H,6-13H2,1-2H3. The van der Waals surface area contributed by atoms with Crippen LogP contribution in [0.1, 0.15) is 5.69 Å². The summed E-state index contributed by atoms with van der Waals surface area (Å²) in [7, 11) is 2.17. The largest absolute Gasteiger partial charge is 0.354 e. The van der Waals surface area contributed by atoms with Gasteiger partial charge in [-0.25, -0.2) is 15.0 Å². The Morgan fingerprint density at radius 1 is 0.731 bits per heavy atom. The van der Waals surface area contributed by atoms with E-state index in [9.17, 15) is 0 Å². The predicted molar refractivity (Wildman–Crippen MR) is 103 cm³/mol. The molecular formula is C18H26N8. The first-order chi connectivity index (χ1) is 12.7. The maximum Gasteiger partial charge on any atom is 0.227 e. The second-order valence-electron chi connectivity index (χ2n) is 6.98. The van der Waals surface area contributed by atoms with Crippen molar-refractivity contribution >= 4 is 17.7 Å². The highest BCUT2D eigenvalue weighted by Crippen LogP contribution is 2.20. The Morgan fingerprint density at radius 3 is 1.96 bits per heavy atom. The van der Waals surface area contributed by atoms with E-state index >= 15 is 0 Å². The zero-order chi connectivity index (χ0) is 17.9. The van der Waals surface area contributed by atoms with Crippen LogP contribution in [0.4, 0.5) is 17.7 Å². The Bertz CT molecular complexity index is 721. The molecule has 0 aromatic carbocycles. The molecule has 2 aliphatic heterocycles. The van der Waals surface area contributed by atoms with Gasteiger partial charge in [0.15, 0.2) is 0 Å². The lowest BCUT2D eigenvalue weighted by Crippen LogP contribution is -2.48. The average molecular weight is 354 g/mol. The lowest BCUT2D eigenvalue weighted by atomic mass is 10.3. The van der Waals surface area contributed by atoms with Crippen LogP contribution in [0.15, 0.2) is 24.5 Å². The van der Waals surface area contributed by atoms with Gasteiger partial charge in [0.25, 0.3) is 0 Å². The lowest BCUT2D eigenvalue weighted by Gasteiger charge is -2.36. The van der Waals surface area contributed by atoms with Crippen LogP contribution in [0.25, 0.3) is 0 Å². The van der Waals surface area contributed by atoms with Crippen molar-refractivity contribution in [3.05, 3.63) is 30.2 Å². The van der Waals surface area contributed by atoms with E-state index in [-0.39, 0.29) is 0 Å². The smallest absolute Gasteiger partial charge is 0.227 e. The third kappa shape index (κ3) is 3.70. The number of likely N-dealkylation sites (N-methyl/N-ethyl adjacent to an activating group) is 1. The van der Waals surface area contributed by atoms with Crippen LogP contribution < -0.4 is 14.7 Å². The topological polar surface area (TPSA) is 64.5 Å². The number of aryl methyl sites for hydroxylation is 1. The van der Waals surface area contributed by atoms with Crippen LogP contribution in [-0.2, 0) is 0 Å². The first-order valence-electron chi connectivity index (χ1n) is 9.25. The summed E-state index contributed by atoms with van der Waals surface area (Å²) in [4.78, 5) is 27.5. The van der Waals surface area contributed by atoms with Crippen LogP contribution >= 0.6 is 0 Å². The summed E-state index contributed by atoms with van der Waals surface area (Å²) in [6, 6.07) is 3.95. The lowest BCUT2D eigenvalue weighted by molar-refractivity contribution is 0.312. The van der Waals surface area contributed by atoms with Crippen LogP contribution in [0.3, 0.4) is 0 Å². The molecule has 2 aromatic rings. The van der Waals surface area contributed by atoms with Gasteiger partial charge in [-0.1, -0.05) is 0 Å². The minimum absolute atomic E-state index is 0.801. The summed E-state index contributed by atoms with van der Waals surface area (Å²) in [5, 5.41) is 0. The highest BCUT2D eigenvalue weighted by atomic mass is 15.4. The molecular weight excluding hydrogens is 328 g/mol. The van der Waals surface area contributed by atoms with Crippen molar-refractivity contribution in [1.29, 1.82) is 0 Å². The molecule has 138 valence electrons. The quantitative estimate of drug-likeness (QED) is 0.796. The second kappa shape index (κ2) is 7.41. The zero-order valence-electron chi connectivity index (χ0n) is 15.5. The van der Waals surface area contributed by atoms with Gasteiger partial charge in [-0.05, 0) is 20.0 Å². The predicted octanol–water partition coefficient (Wildman–Crippen LogP) is 0.653. The first-order valence-corrected chi connectivity index (χ1v) is 9.25. The molecule has 4 heterocycles. The molecule has 0 radical (unpaired) electrons. The van der Waals surface area contributed by atoms with E-state index in [0.29, 0.717) is 0 Å². The third-order valence-electron chi connectivity index (χ3n) is 5.05. The maximum atomic E-state index is 4.88. The van der Waals surface area contributed by atoms with Crippen LogP contribution in [-0.4, -0.2) is 84.2 Å². The van der Waals surface area contributed by atoms with E-state index in [2.05, 4.69) is 49.6 Å². The van der Waals surface area contributed by atoms with Crippen LogP contribution in [0.5, 0.6) is 0 Å². The summed E-state index contributed by atoms with van der Waals surface area (Å²) in [5.41, 5.74) is 1.03. The number of piperazine rings is 2. The second-order valence-corrected chi connectivity index (χ2v) is 6.98. The molecule has 0 amide bonds. The molecule has 0 bridgehead atoms. The number of anilines is 3. The molecule has 8 heteroatoms. The maximum absolute atomic E-state index is 4.88. The minimum atomic E-state index is 0.801. The molecule has 2 aromatic heterocycles. The molecule has 0 atom stereocenters. The summed E-state index contributed by atoms with van der Waals surface area (Å²) in [6.45, 7) is 9.77. The Kier molecular flexibility index (Phi) is 4.83. The molecule has 2 saturated heterocycles. The normalized spacial score (nSPS) is 19.1. The van der Waals surface area contributed by atoms with Crippen molar-refractivity contribution in [2.75, 3.05) is 74.1 Å². The van der Waals surface area contributed by atoms with Crippen molar-refractivity contribution in [3.63, 3.8) is 0 Å². The molecule has 2 fully saturated rings. The van der Waals surface area contributed by atoms with Crippen molar-refractivity contribution in [2.45, 2.75) is 6.92 Å². The molecule has 2 aliphatic rings. The summed E-state index contributed by atoms with van der Waals surface area (Å²) in [5.74, 6) is 2.69. The monoisotopic (exact) mass is 354 g/mol. The highest BCUT2D eigenvalue weighted by molar-refractivity contribution is 5.47. The number of rotatable bonds is 3. The van der Waals surface area contributed by atoms with E-state index in [1.165, 1.54) is 0 Å². The fourth-order valence-corrected chi connectivity index (χ4v) is 3.44. The zero-order valence-corrected chi connectivity index (χ0v) is 15.5. The van der Waals surface area contributed by atoms with Gasteiger partial charge in [0.1, 0.15) is 5.82 Å². The Labute approximate surface area is 154 Å². The van der Waals surface area contributed by atoms with Gasteiger partial charge in [0, 0.05) is 76.5 Å². The van der Waals surface area contributed by atoms with Gasteiger partial charge in [-0.15, -0.1) is 0 Å². The molecule has 0 N–H and O–H groups in total. The molecule has 0 unspecified atom stereocenters. The molecule has 0 aliphatic carbocycles. The van der Waals surface area contributed by atoms with Gasteiger partial charge < -0.3 is 19.6 Å². The van der Waals surface area contributed by atoms with Crippen molar-refractivity contribution in [3.8, 4) is 0 Å². The van der Waals surface area contributed by atoms with Crippen molar-refractivity contribution in [2.24, 2.45) is 0 Å². The fourth-order valence-electron chi connectivity index (χ4n) is 3.44. The van der Waals surface area contributed by atoms with Gasteiger partial charge in [-0.3, -0.25) is 0 Å². The number of aromatic nitrogens is 4. The number of hydrogen-bond acceptors (Lipinski definition) is 8. The number of nitrogens with zero attached hydrogens (tertiary/aromatic N) is 8. The van der Waals surface area contributed by atoms with Crippen molar-refractivity contribution in [1.82, 2.24) is 24.8 Å². The van der Waals surface area contributed by atoms with Crippen molar-refractivity contribution < 1.29 is 0 Å². The number of hydrogen-bond donors (Lipinski definition) is 0. The van der Waals surface area contributed by atoms with E-state index in [1.807, 2.05) is 6.07 Å². The van der Waals surface area contributed by atoms with E-state index in [0.717, 1.165) is 75.8 Å². The third-order valence-corrected chi connectivity index (χ3v) is 5.05. The summed E-state index contributed by atoms with van der Waals surface area (Å²) >= 11 is 0. The fraction of sp³-hybridized carbons (Fsp3) is 0.556. The van der Waals surface area contributed by atoms with Gasteiger partial charge in [-0.2, -0.15) is 4.98 Å². The van der Waals surface area contributed by atoms with E-state index in [4.69, 9.17) is 9.97 Å². The Morgan fingerprint density at radius 2 is 1.31 bits per heavy atom. The molecule has 4 rings (SSSR count). The summed E-state index contributed by atoms with van der Waals surface area (Å²) < 4.78 is 0. The Balaban J connectivity index is 1.45. The summed E-state index contributed by atoms with van der Waals surface area (Å²) in [6.07, 6.45) is 3.58. The first kappa shape index (κ1) is 17.0. The molecule has 26 heavy (non-hydrogen) atoms. The average Bonchev–Trinajstić information content (AvgIpc) is 2.69. The SMILES string of the molecule is Cc1cc(N2CCN(C)CC2)nc(N2CCN(c3ncccn3)CC2)n1. The van der Waals surface area contributed by atoms with Crippen LogP contribution in [0, 0.1) is 6.92 Å². The molecule has 8 nitrogen and oxygen atoms in total. The minimum Gasteiger partial charge on any atom is -0.354 e. The van der Waals surface area contributed by atoms with Gasteiger partial charge >= 0.3 is 0 Å². The molecule has 0 spiro atoms. The molecule has 0 saturated carbocycles. The van der Waals surface area contributed by atoms with Gasteiger partial charge in [0.2, 0.25) is 11.9 Å². The van der Waals surface area contributed by atoms with Crippen LogP contribution in [0.2, 0.25) is 0 Å².